The van der Waals surface area contributed by atoms with Crippen molar-refractivity contribution in [2.45, 2.75) is 45.6 Å². The summed E-state index contributed by atoms with van der Waals surface area (Å²) in [4.78, 5) is 27.6. The highest BCUT2D eigenvalue weighted by Crippen LogP contribution is 2.39. The molecule has 0 fully saturated rings. The fourth-order valence-corrected chi connectivity index (χ4v) is 3.83. The predicted molar refractivity (Wildman–Crippen MR) is 109 cm³/mol. The van der Waals surface area contributed by atoms with E-state index in [-0.39, 0.29) is 25.5 Å². The van der Waals surface area contributed by atoms with Crippen LogP contribution in [0.15, 0.2) is 59.8 Å². The number of nitrogens with zero attached hydrogens (tertiary/aromatic N) is 1. The van der Waals surface area contributed by atoms with Crippen LogP contribution in [-0.4, -0.2) is 23.4 Å². The molecule has 2 aromatic rings. The van der Waals surface area contributed by atoms with Gasteiger partial charge in [-0.15, -0.1) is 0 Å². The maximum absolute atomic E-state index is 13.7. The van der Waals surface area contributed by atoms with E-state index in [0.717, 1.165) is 17.7 Å². The number of benzene rings is 2. The zero-order valence-corrected chi connectivity index (χ0v) is 17.2. The Hall–Kier alpha value is -3.02. The zero-order valence-electron chi connectivity index (χ0n) is 17.2. The van der Waals surface area contributed by atoms with Crippen molar-refractivity contribution in [1.29, 1.82) is 0 Å². The highest BCUT2D eigenvalue weighted by Gasteiger charge is 2.38. The third-order valence-electron chi connectivity index (χ3n) is 5.17. The molecule has 0 saturated carbocycles. The van der Waals surface area contributed by atoms with Crippen LogP contribution in [0.2, 0.25) is 0 Å². The van der Waals surface area contributed by atoms with Gasteiger partial charge < -0.3 is 9.64 Å². The molecule has 0 aliphatic carbocycles. The molecule has 0 bridgehead atoms. The third-order valence-corrected chi connectivity index (χ3v) is 5.17. The Balaban J connectivity index is 2.09. The molecule has 1 heterocycles. The van der Waals surface area contributed by atoms with Crippen LogP contribution in [0.5, 0.6) is 0 Å². The minimum atomic E-state index is -0.967. The van der Waals surface area contributed by atoms with E-state index in [9.17, 15) is 18.4 Å². The number of hydrogen-bond acceptors (Lipinski definition) is 3. The lowest BCUT2D eigenvalue weighted by Gasteiger charge is -2.36. The molecule has 6 heteroatoms. The van der Waals surface area contributed by atoms with Crippen molar-refractivity contribution in [3.8, 4) is 0 Å². The number of carbonyl (C=O) groups is 2. The molecule has 4 nitrogen and oxygen atoms in total. The van der Waals surface area contributed by atoms with Gasteiger partial charge in [-0.25, -0.2) is 13.6 Å². The van der Waals surface area contributed by atoms with E-state index >= 15 is 0 Å². The molecule has 1 atom stereocenters. The van der Waals surface area contributed by atoms with Crippen molar-refractivity contribution in [2.75, 3.05) is 6.61 Å². The van der Waals surface area contributed by atoms with Gasteiger partial charge in [0.2, 0.25) is 5.91 Å². The molecule has 0 radical (unpaired) electrons. The van der Waals surface area contributed by atoms with E-state index in [2.05, 4.69) is 0 Å². The summed E-state index contributed by atoms with van der Waals surface area (Å²) in [7, 11) is 0. The van der Waals surface area contributed by atoms with Crippen LogP contribution in [0.25, 0.3) is 0 Å². The van der Waals surface area contributed by atoms with Gasteiger partial charge in [-0.2, -0.15) is 0 Å². The lowest BCUT2D eigenvalue weighted by Crippen LogP contribution is -2.39. The first-order valence-corrected chi connectivity index (χ1v) is 10.2. The molecule has 1 aliphatic heterocycles. The summed E-state index contributed by atoms with van der Waals surface area (Å²) in [5, 5.41) is 0. The minimum absolute atomic E-state index is 0.0653. The molecule has 0 N–H and O–H groups in total. The van der Waals surface area contributed by atoms with Crippen molar-refractivity contribution < 1.29 is 23.1 Å². The summed E-state index contributed by atoms with van der Waals surface area (Å²) in [6, 6.07) is 13.0. The number of rotatable bonds is 7. The van der Waals surface area contributed by atoms with Gasteiger partial charge in [-0.1, -0.05) is 49.7 Å². The second-order valence-corrected chi connectivity index (χ2v) is 7.23. The number of halogens is 2. The van der Waals surface area contributed by atoms with Gasteiger partial charge in [0, 0.05) is 18.0 Å². The SMILES string of the molecule is CCCC1=C(C(=O)OCC)C(c2ccccc2)CC(=O)N1Cc1ccc(F)c(F)c1. The normalized spacial score (nSPS) is 16.7. The largest absolute Gasteiger partial charge is 0.463 e. The molecule has 30 heavy (non-hydrogen) atoms. The molecule has 2 aromatic carbocycles. The Labute approximate surface area is 175 Å². The zero-order chi connectivity index (χ0) is 21.7. The number of carbonyl (C=O) groups excluding carboxylic acids is 2. The lowest BCUT2D eigenvalue weighted by molar-refractivity contribution is -0.140. The van der Waals surface area contributed by atoms with Crippen molar-refractivity contribution in [3.05, 3.63) is 82.6 Å². The van der Waals surface area contributed by atoms with Crippen molar-refractivity contribution in [2.24, 2.45) is 0 Å². The van der Waals surface area contributed by atoms with Gasteiger partial charge >= 0.3 is 5.97 Å². The van der Waals surface area contributed by atoms with Crippen LogP contribution in [0.1, 0.15) is 50.2 Å². The average molecular weight is 413 g/mol. The Morgan fingerprint density at radius 3 is 2.47 bits per heavy atom. The summed E-state index contributed by atoms with van der Waals surface area (Å²) in [5.74, 6) is -2.92. The first-order chi connectivity index (χ1) is 14.5. The van der Waals surface area contributed by atoms with Crippen LogP contribution < -0.4 is 0 Å². The Kier molecular flexibility index (Phi) is 6.98. The summed E-state index contributed by atoms with van der Waals surface area (Å²) >= 11 is 0. The summed E-state index contributed by atoms with van der Waals surface area (Å²) in [6.45, 7) is 3.99. The average Bonchev–Trinajstić information content (AvgIpc) is 2.73. The molecule has 1 aliphatic rings. The standard InChI is InChI=1S/C24H25F2NO3/c1-3-8-21-23(24(29)30-4-2)18(17-9-6-5-7-10-17)14-22(28)27(21)15-16-11-12-19(25)20(26)13-16/h5-7,9-13,18H,3-4,8,14-15H2,1-2H3. The van der Waals surface area contributed by atoms with Crippen LogP contribution in [0, 0.1) is 11.6 Å². The fraction of sp³-hybridized carbons (Fsp3) is 0.333. The van der Waals surface area contributed by atoms with E-state index in [4.69, 9.17) is 4.74 Å². The van der Waals surface area contributed by atoms with E-state index in [1.807, 2.05) is 37.3 Å². The van der Waals surface area contributed by atoms with Crippen LogP contribution in [0.3, 0.4) is 0 Å². The quantitative estimate of drug-likeness (QED) is 0.594. The van der Waals surface area contributed by atoms with Crippen LogP contribution in [0.4, 0.5) is 8.78 Å². The van der Waals surface area contributed by atoms with Gasteiger partial charge in [0.15, 0.2) is 11.6 Å². The van der Waals surface area contributed by atoms with Crippen molar-refractivity contribution in [3.63, 3.8) is 0 Å². The summed E-state index contributed by atoms with van der Waals surface area (Å²) in [5.41, 5.74) is 2.38. The van der Waals surface area contributed by atoms with Gasteiger partial charge in [-0.3, -0.25) is 4.79 Å². The molecular weight excluding hydrogens is 388 g/mol. The van der Waals surface area contributed by atoms with Gasteiger partial charge in [0.1, 0.15) is 0 Å². The highest BCUT2D eigenvalue weighted by molar-refractivity contribution is 5.96. The monoisotopic (exact) mass is 413 g/mol. The van der Waals surface area contributed by atoms with E-state index in [0.29, 0.717) is 29.7 Å². The van der Waals surface area contributed by atoms with Crippen molar-refractivity contribution in [1.82, 2.24) is 4.90 Å². The van der Waals surface area contributed by atoms with Gasteiger partial charge in [-0.05, 0) is 36.6 Å². The molecule has 0 saturated heterocycles. The maximum Gasteiger partial charge on any atom is 0.336 e. The topological polar surface area (TPSA) is 46.6 Å². The first kappa shape index (κ1) is 21.7. The lowest BCUT2D eigenvalue weighted by atomic mass is 9.82. The molecule has 0 spiro atoms. The maximum atomic E-state index is 13.7. The smallest absolute Gasteiger partial charge is 0.336 e. The highest BCUT2D eigenvalue weighted by atomic mass is 19.2. The molecule has 158 valence electrons. The Bertz CT molecular complexity index is 956. The Morgan fingerprint density at radius 1 is 1.10 bits per heavy atom. The number of esters is 1. The van der Waals surface area contributed by atoms with Crippen LogP contribution >= 0.6 is 0 Å². The van der Waals surface area contributed by atoms with E-state index < -0.39 is 23.5 Å². The predicted octanol–water partition coefficient (Wildman–Crippen LogP) is 5.10. The number of hydrogen-bond donors (Lipinski definition) is 0. The summed E-state index contributed by atoms with van der Waals surface area (Å²) in [6.07, 6.45) is 1.31. The first-order valence-electron chi connectivity index (χ1n) is 10.2. The van der Waals surface area contributed by atoms with E-state index in [1.54, 1.807) is 6.92 Å². The minimum Gasteiger partial charge on any atom is -0.463 e. The van der Waals surface area contributed by atoms with Crippen LogP contribution in [-0.2, 0) is 20.9 Å². The Morgan fingerprint density at radius 2 is 1.83 bits per heavy atom. The molecule has 3 rings (SSSR count). The van der Waals surface area contributed by atoms with Crippen molar-refractivity contribution >= 4 is 11.9 Å². The molecule has 1 amide bonds. The number of amides is 1. The number of ether oxygens (including phenoxy) is 1. The summed E-state index contributed by atoms with van der Waals surface area (Å²) < 4.78 is 32.4. The second kappa shape index (κ2) is 9.65. The molecular formula is C24H25F2NO3. The second-order valence-electron chi connectivity index (χ2n) is 7.23. The van der Waals surface area contributed by atoms with Gasteiger partial charge in [0.05, 0.1) is 18.7 Å². The molecule has 0 aromatic heterocycles. The van der Waals surface area contributed by atoms with Gasteiger partial charge in [0.25, 0.3) is 0 Å². The third kappa shape index (κ3) is 4.58. The fourth-order valence-electron chi connectivity index (χ4n) is 3.83. The molecule has 1 unspecified atom stereocenters. The number of allylic oxidation sites excluding steroid dienone is 1. The van der Waals surface area contributed by atoms with E-state index in [1.165, 1.54) is 11.0 Å².